The highest BCUT2D eigenvalue weighted by molar-refractivity contribution is 7.98. The second kappa shape index (κ2) is 7.09. The summed E-state index contributed by atoms with van der Waals surface area (Å²) in [5, 5.41) is 1.36. The normalized spacial score (nSPS) is 12.3. The number of benzene rings is 3. The molecule has 0 aliphatic rings. The number of hydrogen-bond acceptors (Lipinski definition) is 4. The van der Waals surface area contributed by atoms with Gasteiger partial charge in [0.1, 0.15) is 0 Å². The van der Waals surface area contributed by atoms with Crippen molar-refractivity contribution < 1.29 is 25.8 Å². The van der Waals surface area contributed by atoms with Gasteiger partial charge in [-0.25, -0.2) is 0 Å². The highest BCUT2D eigenvalue weighted by atomic mass is 32.2. The molecule has 0 aliphatic carbocycles. The smallest absolute Gasteiger partial charge is 0.375 e. The summed E-state index contributed by atoms with van der Waals surface area (Å²) in [6, 6.07) is 16.3. The van der Waals surface area contributed by atoms with Gasteiger partial charge in [0.25, 0.3) is 0 Å². The molecule has 3 nitrogen and oxygen atoms in total. The Balaban J connectivity index is 2.10. The predicted molar refractivity (Wildman–Crippen MR) is 102 cm³/mol. The van der Waals surface area contributed by atoms with E-state index in [9.17, 15) is 21.6 Å². The van der Waals surface area contributed by atoms with Gasteiger partial charge in [-0.3, -0.25) is 0 Å². The lowest BCUT2D eigenvalue weighted by atomic mass is 9.98. The largest absolute Gasteiger partial charge is 0.534 e. The molecular weight excluding hydrogens is 397 g/mol. The zero-order valence-electron chi connectivity index (χ0n) is 14.4. The maximum absolute atomic E-state index is 12.6. The number of fused-ring (bicyclic) bond motifs is 1. The Morgan fingerprint density at radius 1 is 0.963 bits per heavy atom. The zero-order valence-corrected chi connectivity index (χ0v) is 16.0. The van der Waals surface area contributed by atoms with Crippen LogP contribution >= 0.6 is 11.8 Å². The van der Waals surface area contributed by atoms with Crippen LogP contribution in [0, 0.1) is 6.92 Å². The van der Waals surface area contributed by atoms with Crippen LogP contribution in [0.15, 0.2) is 59.5 Å². The lowest BCUT2D eigenvalue weighted by molar-refractivity contribution is -0.0500. The van der Waals surface area contributed by atoms with Gasteiger partial charge in [-0.2, -0.15) is 21.6 Å². The van der Waals surface area contributed by atoms with Crippen molar-refractivity contribution in [3.63, 3.8) is 0 Å². The first-order valence-corrected chi connectivity index (χ1v) is 10.4. The van der Waals surface area contributed by atoms with Crippen molar-refractivity contribution in [3.8, 4) is 16.9 Å². The number of aryl methyl sites for hydroxylation is 1. The monoisotopic (exact) mass is 412 g/mol. The third-order valence-electron chi connectivity index (χ3n) is 4.06. The first-order valence-electron chi connectivity index (χ1n) is 7.81. The van der Waals surface area contributed by atoms with E-state index >= 15 is 0 Å². The molecule has 142 valence electrons. The number of thioether (sulfide) groups is 1. The van der Waals surface area contributed by atoms with E-state index in [0.717, 1.165) is 33.8 Å². The van der Waals surface area contributed by atoms with E-state index < -0.39 is 15.6 Å². The van der Waals surface area contributed by atoms with E-state index in [1.807, 2.05) is 43.3 Å². The molecule has 27 heavy (non-hydrogen) atoms. The second-order valence-corrected chi connectivity index (χ2v) is 8.25. The molecule has 0 aromatic heterocycles. The molecule has 0 aliphatic heterocycles. The minimum absolute atomic E-state index is 0.303. The number of rotatable bonds is 4. The molecule has 8 heteroatoms. The van der Waals surface area contributed by atoms with E-state index in [1.165, 1.54) is 6.07 Å². The molecule has 0 spiro atoms. The summed E-state index contributed by atoms with van der Waals surface area (Å²) in [7, 11) is -5.72. The van der Waals surface area contributed by atoms with Crippen LogP contribution in [0.4, 0.5) is 13.2 Å². The SMILES string of the molecule is CSc1cc2cc(-c3ccccc3C)ccc2cc1OS(=O)(=O)C(F)(F)F. The van der Waals surface area contributed by atoms with E-state index in [-0.39, 0.29) is 5.75 Å². The Morgan fingerprint density at radius 3 is 2.30 bits per heavy atom. The molecule has 3 aromatic rings. The molecule has 0 amide bonds. The third kappa shape index (κ3) is 3.91. The highest BCUT2D eigenvalue weighted by Crippen LogP contribution is 2.37. The summed E-state index contributed by atoms with van der Waals surface area (Å²) >= 11 is 1.11. The van der Waals surface area contributed by atoms with E-state index in [4.69, 9.17) is 0 Å². The summed E-state index contributed by atoms with van der Waals surface area (Å²) in [5.41, 5.74) is -2.38. The topological polar surface area (TPSA) is 43.4 Å². The first kappa shape index (κ1) is 19.6. The van der Waals surface area contributed by atoms with Crippen molar-refractivity contribution in [2.24, 2.45) is 0 Å². The molecule has 0 bridgehead atoms. The number of hydrogen-bond donors (Lipinski definition) is 0. The van der Waals surface area contributed by atoms with Gasteiger partial charge in [0.2, 0.25) is 0 Å². The molecule has 0 saturated heterocycles. The lowest BCUT2D eigenvalue weighted by Crippen LogP contribution is -2.28. The quantitative estimate of drug-likeness (QED) is 0.310. The molecule has 0 fully saturated rings. The van der Waals surface area contributed by atoms with Crippen LogP contribution in [0.25, 0.3) is 21.9 Å². The molecule has 0 saturated carbocycles. The number of halogens is 3. The maximum atomic E-state index is 12.6. The summed E-state index contributed by atoms with van der Waals surface area (Å²) in [4.78, 5) is 0.303. The van der Waals surface area contributed by atoms with Crippen molar-refractivity contribution in [2.75, 3.05) is 6.26 Å². The molecule has 3 rings (SSSR count). The van der Waals surface area contributed by atoms with E-state index in [1.54, 1.807) is 18.4 Å². The molecular formula is C19H15F3O3S2. The Hall–Kier alpha value is -2.19. The van der Waals surface area contributed by atoms with Crippen LogP contribution < -0.4 is 4.18 Å². The van der Waals surface area contributed by atoms with E-state index in [2.05, 4.69) is 4.18 Å². The minimum atomic E-state index is -5.72. The van der Waals surface area contributed by atoms with Crippen LogP contribution in [0.1, 0.15) is 5.56 Å². The summed E-state index contributed by atoms with van der Waals surface area (Å²) in [6.07, 6.45) is 1.64. The molecule has 0 atom stereocenters. The Morgan fingerprint density at radius 2 is 1.67 bits per heavy atom. The predicted octanol–water partition coefficient (Wildman–Crippen LogP) is 5.77. The maximum Gasteiger partial charge on any atom is 0.534 e. The Bertz CT molecular complexity index is 1110. The summed E-state index contributed by atoms with van der Waals surface area (Å²) in [5.74, 6) is -0.337. The van der Waals surface area contributed by atoms with Crippen molar-refractivity contribution in [1.82, 2.24) is 0 Å². The average molecular weight is 412 g/mol. The third-order valence-corrected chi connectivity index (χ3v) is 5.79. The van der Waals surface area contributed by atoms with Crippen LogP contribution in [-0.2, 0) is 10.1 Å². The second-order valence-electron chi connectivity index (χ2n) is 5.86. The van der Waals surface area contributed by atoms with Crippen molar-refractivity contribution in [3.05, 3.63) is 60.2 Å². The van der Waals surface area contributed by atoms with Gasteiger partial charge in [0, 0.05) is 0 Å². The minimum Gasteiger partial charge on any atom is -0.375 e. The Labute approximate surface area is 159 Å². The van der Waals surface area contributed by atoms with Crippen LogP contribution in [-0.4, -0.2) is 20.2 Å². The highest BCUT2D eigenvalue weighted by Gasteiger charge is 2.48. The van der Waals surface area contributed by atoms with Crippen molar-refractivity contribution in [1.29, 1.82) is 0 Å². The fourth-order valence-electron chi connectivity index (χ4n) is 2.71. The molecule has 3 aromatic carbocycles. The van der Waals surface area contributed by atoms with Crippen molar-refractivity contribution >= 4 is 32.7 Å². The first-order chi connectivity index (χ1) is 12.6. The molecule has 0 radical (unpaired) electrons. The van der Waals surface area contributed by atoms with Crippen molar-refractivity contribution in [2.45, 2.75) is 17.3 Å². The van der Waals surface area contributed by atoms with Gasteiger partial charge in [0.05, 0.1) is 4.90 Å². The van der Waals surface area contributed by atoms with Gasteiger partial charge >= 0.3 is 15.6 Å². The standard InChI is InChI=1S/C19H15F3O3S2/c1-12-5-3-4-6-16(12)14-8-7-13-10-17(18(26-2)11-15(13)9-14)25-27(23,24)19(20,21)22/h3-11H,1-2H3. The van der Waals surface area contributed by atoms with Gasteiger partial charge in [-0.05, 0) is 58.8 Å². The molecule has 0 N–H and O–H groups in total. The van der Waals surface area contributed by atoms with Crippen LogP contribution in [0.3, 0.4) is 0 Å². The molecule has 0 heterocycles. The van der Waals surface area contributed by atoms with Crippen LogP contribution in [0.2, 0.25) is 0 Å². The van der Waals surface area contributed by atoms with Crippen LogP contribution in [0.5, 0.6) is 5.75 Å². The molecule has 0 unspecified atom stereocenters. The summed E-state index contributed by atoms with van der Waals surface area (Å²) in [6.45, 7) is 1.99. The fourth-order valence-corrected chi connectivity index (χ4v) is 3.78. The number of alkyl halides is 3. The van der Waals surface area contributed by atoms with Gasteiger partial charge in [-0.15, -0.1) is 11.8 Å². The Kier molecular flexibility index (Phi) is 5.14. The average Bonchev–Trinajstić information content (AvgIpc) is 2.60. The fraction of sp³-hybridized carbons (Fsp3) is 0.158. The van der Waals surface area contributed by atoms with Gasteiger partial charge in [-0.1, -0.05) is 36.4 Å². The van der Waals surface area contributed by atoms with E-state index in [0.29, 0.717) is 10.3 Å². The van der Waals surface area contributed by atoms with Gasteiger partial charge < -0.3 is 4.18 Å². The van der Waals surface area contributed by atoms with Gasteiger partial charge in [0.15, 0.2) is 5.75 Å². The lowest BCUT2D eigenvalue weighted by Gasteiger charge is -2.14. The summed E-state index contributed by atoms with van der Waals surface area (Å²) < 4.78 is 64.9. The zero-order chi connectivity index (χ0) is 19.8.